The normalized spacial score (nSPS) is 11.5. The third-order valence-electron chi connectivity index (χ3n) is 4.69. The van der Waals surface area contributed by atoms with Gasteiger partial charge in [0.25, 0.3) is 0 Å². The second-order valence-corrected chi connectivity index (χ2v) is 8.53. The van der Waals surface area contributed by atoms with Crippen LogP contribution >= 0.6 is 0 Å². The number of ketones is 1. The van der Waals surface area contributed by atoms with Crippen molar-refractivity contribution in [3.63, 3.8) is 0 Å². The van der Waals surface area contributed by atoms with Gasteiger partial charge in [-0.3, -0.25) is 4.79 Å². The van der Waals surface area contributed by atoms with E-state index in [-0.39, 0.29) is 4.90 Å². The summed E-state index contributed by atoms with van der Waals surface area (Å²) in [6.07, 6.45) is 2.66. The topological polar surface area (TPSA) is 99.2 Å². The average molecular weight is 462 g/mol. The molecule has 0 saturated carbocycles. The molecular formula is C23H27NO7S. The molecule has 0 fully saturated rings. The highest BCUT2D eigenvalue weighted by Crippen LogP contribution is 2.27. The number of Topliss-reactive ketones (excluding diaryl/α,β-unsaturated/α-hetero) is 1. The molecule has 2 rings (SSSR count). The standard InChI is InChI=1S/C23H27NO7S/c1-5-24(6-2)32(27,28)19-11-7-17(8-12-19)9-14-23(26)31-16-20(25)18-10-13-21(29-3)22(15-18)30-4/h7-15H,5-6,16H2,1-4H3/b14-9+. The summed E-state index contributed by atoms with van der Waals surface area (Å²) >= 11 is 0. The summed E-state index contributed by atoms with van der Waals surface area (Å²) in [6, 6.07) is 10.8. The van der Waals surface area contributed by atoms with Crippen LogP contribution in [-0.4, -0.2) is 58.4 Å². The highest BCUT2D eigenvalue weighted by atomic mass is 32.2. The molecule has 0 unspecified atom stereocenters. The second kappa shape index (κ2) is 11.4. The Hall–Kier alpha value is -3.17. The molecule has 8 nitrogen and oxygen atoms in total. The van der Waals surface area contributed by atoms with Crippen molar-refractivity contribution in [3.05, 3.63) is 59.7 Å². The van der Waals surface area contributed by atoms with E-state index in [1.807, 2.05) is 0 Å². The van der Waals surface area contributed by atoms with Gasteiger partial charge in [0.2, 0.25) is 10.0 Å². The van der Waals surface area contributed by atoms with Gasteiger partial charge in [-0.2, -0.15) is 4.31 Å². The van der Waals surface area contributed by atoms with Gasteiger partial charge < -0.3 is 14.2 Å². The van der Waals surface area contributed by atoms with Crippen molar-refractivity contribution in [3.8, 4) is 11.5 Å². The van der Waals surface area contributed by atoms with Gasteiger partial charge in [0.15, 0.2) is 23.9 Å². The minimum atomic E-state index is -3.54. The number of hydrogen-bond donors (Lipinski definition) is 0. The molecule has 0 aliphatic carbocycles. The molecule has 0 N–H and O–H groups in total. The van der Waals surface area contributed by atoms with E-state index in [9.17, 15) is 18.0 Å². The summed E-state index contributed by atoms with van der Waals surface area (Å²) < 4.78 is 41.7. The summed E-state index contributed by atoms with van der Waals surface area (Å²) in [7, 11) is -0.588. The first kappa shape index (κ1) is 25.1. The monoisotopic (exact) mass is 461 g/mol. The molecule has 0 aliphatic rings. The number of ether oxygens (including phenoxy) is 3. The van der Waals surface area contributed by atoms with Crippen molar-refractivity contribution >= 4 is 27.9 Å². The molecule has 2 aromatic carbocycles. The van der Waals surface area contributed by atoms with Crippen molar-refractivity contribution in [1.82, 2.24) is 4.31 Å². The molecule has 0 atom stereocenters. The minimum absolute atomic E-state index is 0.182. The Kier molecular flexibility index (Phi) is 8.98. The maximum atomic E-state index is 12.5. The molecule has 0 heterocycles. The maximum absolute atomic E-state index is 12.5. The fraction of sp³-hybridized carbons (Fsp3) is 0.304. The summed E-state index contributed by atoms with van der Waals surface area (Å²) in [6.45, 7) is 3.89. The molecule has 0 spiro atoms. The van der Waals surface area contributed by atoms with E-state index in [0.717, 1.165) is 0 Å². The average Bonchev–Trinajstić information content (AvgIpc) is 2.81. The van der Waals surface area contributed by atoms with Crippen LogP contribution in [0.25, 0.3) is 6.08 Å². The third-order valence-corrected chi connectivity index (χ3v) is 6.75. The largest absolute Gasteiger partial charge is 0.493 e. The summed E-state index contributed by atoms with van der Waals surface area (Å²) in [5.74, 6) is -0.201. The van der Waals surface area contributed by atoms with Gasteiger partial charge in [-0.1, -0.05) is 26.0 Å². The van der Waals surface area contributed by atoms with E-state index in [2.05, 4.69) is 0 Å². The van der Waals surface area contributed by atoms with Crippen LogP contribution in [0, 0.1) is 0 Å². The smallest absolute Gasteiger partial charge is 0.331 e. The number of carbonyl (C=O) groups excluding carboxylic acids is 2. The van der Waals surface area contributed by atoms with Gasteiger partial charge in [-0.15, -0.1) is 0 Å². The van der Waals surface area contributed by atoms with Gasteiger partial charge in [0, 0.05) is 24.7 Å². The van der Waals surface area contributed by atoms with Crippen LogP contribution in [0.15, 0.2) is 53.4 Å². The van der Waals surface area contributed by atoms with Crippen LogP contribution < -0.4 is 9.47 Å². The van der Waals surface area contributed by atoms with Crippen molar-refractivity contribution < 1.29 is 32.2 Å². The molecule has 0 aliphatic heterocycles. The fourth-order valence-corrected chi connectivity index (χ4v) is 4.36. The first-order chi connectivity index (χ1) is 15.3. The Labute approximate surface area is 188 Å². The summed E-state index contributed by atoms with van der Waals surface area (Å²) in [5, 5.41) is 0. The van der Waals surface area contributed by atoms with Crippen LogP contribution in [-0.2, 0) is 19.6 Å². The minimum Gasteiger partial charge on any atom is -0.493 e. The second-order valence-electron chi connectivity index (χ2n) is 6.59. The van der Waals surface area contributed by atoms with Crippen molar-refractivity contribution in [2.75, 3.05) is 33.9 Å². The summed E-state index contributed by atoms with van der Waals surface area (Å²) in [5.41, 5.74) is 0.941. The highest BCUT2D eigenvalue weighted by Gasteiger charge is 2.21. The lowest BCUT2D eigenvalue weighted by Gasteiger charge is -2.18. The molecule has 0 bridgehead atoms. The van der Waals surface area contributed by atoms with Crippen LogP contribution in [0.4, 0.5) is 0 Å². The van der Waals surface area contributed by atoms with Crippen LogP contribution in [0.3, 0.4) is 0 Å². The molecule has 0 radical (unpaired) electrons. The van der Waals surface area contributed by atoms with E-state index in [1.165, 1.54) is 48.9 Å². The summed E-state index contributed by atoms with van der Waals surface area (Å²) in [4.78, 5) is 24.4. The lowest BCUT2D eigenvalue weighted by Crippen LogP contribution is -2.30. The number of benzene rings is 2. The van der Waals surface area contributed by atoms with Gasteiger partial charge in [0.05, 0.1) is 19.1 Å². The predicted molar refractivity (Wildman–Crippen MR) is 120 cm³/mol. The highest BCUT2D eigenvalue weighted by molar-refractivity contribution is 7.89. The Bertz CT molecular complexity index is 1070. The lowest BCUT2D eigenvalue weighted by molar-refractivity contribution is -0.136. The third kappa shape index (κ3) is 6.18. The molecule has 0 saturated heterocycles. The van der Waals surface area contributed by atoms with E-state index in [4.69, 9.17) is 14.2 Å². The molecule has 9 heteroatoms. The Morgan fingerprint density at radius 1 is 0.938 bits per heavy atom. The Morgan fingerprint density at radius 2 is 1.56 bits per heavy atom. The number of hydrogen-bond acceptors (Lipinski definition) is 7. The van der Waals surface area contributed by atoms with E-state index < -0.39 is 28.4 Å². The molecule has 2 aromatic rings. The van der Waals surface area contributed by atoms with E-state index in [1.54, 1.807) is 38.1 Å². The van der Waals surface area contributed by atoms with Crippen LogP contribution in [0.1, 0.15) is 29.8 Å². The van der Waals surface area contributed by atoms with Gasteiger partial charge in [-0.05, 0) is 42.0 Å². The lowest BCUT2D eigenvalue weighted by atomic mass is 10.1. The fourth-order valence-electron chi connectivity index (χ4n) is 2.91. The first-order valence-corrected chi connectivity index (χ1v) is 11.4. The van der Waals surface area contributed by atoms with Gasteiger partial charge in [0.1, 0.15) is 0 Å². The Balaban J connectivity index is 1.97. The van der Waals surface area contributed by atoms with E-state index >= 15 is 0 Å². The molecular weight excluding hydrogens is 434 g/mol. The SMILES string of the molecule is CCN(CC)S(=O)(=O)c1ccc(/C=C/C(=O)OCC(=O)c2ccc(OC)c(OC)c2)cc1. The molecule has 172 valence electrons. The zero-order valence-electron chi connectivity index (χ0n) is 18.5. The van der Waals surface area contributed by atoms with E-state index in [0.29, 0.717) is 35.7 Å². The maximum Gasteiger partial charge on any atom is 0.331 e. The number of carbonyl (C=O) groups is 2. The zero-order valence-corrected chi connectivity index (χ0v) is 19.3. The molecule has 0 aromatic heterocycles. The quantitative estimate of drug-likeness (QED) is 0.288. The number of esters is 1. The molecule has 0 amide bonds. The van der Waals surface area contributed by atoms with Crippen LogP contribution in [0.2, 0.25) is 0 Å². The molecule has 32 heavy (non-hydrogen) atoms. The van der Waals surface area contributed by atoms with Gasteiger partial charge in [-0.25, -0.2) is 13.2 Å². The predicted octanol–water partition coefficient (Wildman–Crippen LogP) is 3.17. The van der Waals surface area contributed by atoms with Crippen molar-refractivity contribution in [2.24, 2.45) is 0 Å². The number of sulfonamides is 1. The Morgan fingerprint density at radius 3 is 2.12 bits per heavy atom. The number of methoxy groups -OCH3 is 2. The van der Waals surface area contributed by atoms with Crippen LogP contribution in [0.5, 0.6) is 11.5 Å². The van der Waals surface area contributed by atoms with Crippen molar-refractivity contribution in [2.45, 2.75) is 18.7 Å². The zero-order chi connectivity index (χ0) is 23.7. The number of nitrogens with zero attached hydrogens (tertiary/aromatic N) is 1. The first-order valence-electron chi connectivity index (χ1n) is 9.97. The van der Waals surface area contributed by atoms with Gasteiger partial charge >= 0.3 is 5.97 Å². The van der Waals surface area contributed by atoms with Crippen molar-refractivity contribution in [1.29, 1.82) is 0 Å². The number of rotatable bonds is 11.